The summed E-state index contributed by atoms with van der Waals surface area (Å²) in [6, 6.07) is 6.95. The minimum Gasteiger partial charge on any atom is -0.424 e. The maximum atomic E-state index is 12.5. The normalized spacial score (nSPS) is 11.4. The second-order valence-corrected chi connectivity index (χ2v) is 6.79. The zero-order chi connectivity index (χ0) is 21.7. The first-order valence-corrected chi connectivity index (χ1v) is 9.57. The summed E-state index contributed by atoms with van der Waals surface area (Å²) >= 11 is 6.32. The third-order valence-corrected chi connectivity index (χ3v) is 4.56. The Bertz CT molecular complexity index is 995. The van der Waals surface area contributed by atoms with Crippen molar-refractivity contribution in [2.24, 2.45) is 0 Å². The van der Waals surface area contributed by atoms with Crippen LogP contribution in [0.15, 0.2) is 36.7 Å². The van der Waals surface area contributed by atoms with Gasteiger partial charge in [-0.3, -0.25) is 0 Å². The van der Waals surface area contributed by atoms with Crippen molar-refractivity contribution in [1.82, 2.24) is 19.9 Å². The van der Waals surface area contributed by atoms with Gasteiger partial charge in [0.2, 0.25) is 0 Å². The Morgan fingerprint density at radius 2 is 1.73 bits per heavy atom. The predicted octanol–water partition coefficient (Wildman–Crippen LogP) is 5.26. The smallest absolute Gasteiger partial charge is 0.419 e. The highest BCUT2D eigenvalue weighted by Crippen LogP contribution is 2.29. The molecule has 2 heterocycles. The minimum atomic E-state index is -4.49. The van der Waals surface area contributed by atoms with E-state index in [2.05, 4.69) is 25.3 Å². The lowest BCUT2D eigenvalue weighted by molar-refractivity contribution is -0.138. The van der Waals surface area contributed by atoms with E-state index in [0.29, 0.717) is 47.8 Å². The largest absolute Gasteiger partial charge is 0.424 e. The molecule has 2 aromatic heterocycles. The minimum absolute atomic E-state index is 0.155. The van der Waals surface area contributed by atoms with Gasteiger partial charge >= 0.3 is 12.2 Å². The first-order chi connectivity index (χ1) is 14.3. The maximum Gasteiger partial charge on any atom is 0.419 e. The Kier molecular flexibility index (Phi) is 6.71. The monoisotopic (exact) mass is 437 g/mol. The molecule has 3 aromatic rings. The highest BCUT2D eigenvalue weighted by atomic mass is 35.5. The number of nitrogens with zero attached hydrogens (tertiary/aromatic N) is 4. The summed E-state index contributed by atoms with van der Waals surface area (Å²) < 4.78 is 43.0. The van der Waals surface area contributed by atoms with Gasteiger partial charge < -0.3 is 10.1 Å². The van der Waals surface area contributed by atoms with Gasteiger partial charge in [-0.15, -0.1) is 0 Å². The molecule has 0 bridgehead atoms. The van der Waals surface area contributed by atoms with Crippen LogP contribution in [0.2, 0.25) is 5.02 Å². The molecule has 10 heteroatoms. The molecule has 0 unspecified atom stereocenters. The van der Waals surface area contributed by atoms with E-state index in [1.807, 2.05) is 26.0 Å². The first-order valence-electron chi connectivity index (χ1n) is 9.19. The molecule has 0 aliphatic carbocycles. The van der Waals surface area contributed by atoms with E-state index in [4.69, 9.17) is 16.3 Å². The Hall–Kier alpha value is -2.94. The highest BCUT2D eigenvalue weighted by molar-refractivity contribution is 6.33. The molecule has 0 saturated heterocycles. The zero-order valence-corrected chi connectivity index (χ0v) is 17.1. The van der Waals surface area contributed by atoms with E-state index < -0.39 is 11.7 Å². The van der Waals surface area contributed by atoms with Crippen LogP contribution in [0.1, 0.15) is 29.6 Å². The van der Waals surface area contributed by atoms with Crippen molar-refractivity contribution in [2.45, 2.75) is 32.9 Å². The first kappa shape index (κ1) is 21.8. The molecular weight excluding hydrogens is 419 g/mol. The molecule has 0 spiro atoms. The molecule has 6 nitrogen and oxygen atoms in total. The van der Waals surface area contributed by atoms with Crippen molar-refractivity contribution in [2.75, 3.05) is 11.9 Å². The lowest BCUT2D eigenvalue weighted by atomic mass is 10.1. The van der Waals surface area contributed by atoms with Crippen molar-refractivity contribution in [3.63, 3.8) is 0 Å². The molecule has 0 aliphatic heterocycles. The van der Waals surface area contributed by atoms with Crippen molar-refractivity contribution in [3.05, 3.63) is 64.3 Å². The molecular formula is C20H19ClF3N5O. The van der Waals surface area contributed by atoms with Crippen LogP contribution in [-0.4, -0.2) is 26.5 Å². The van der Waals surface area contributed by atoms with Crippen LogP contribution in [0.5, 0.6) is 11.8 Å². The number of halogens is 4. The summed E-state index contributed by atoms with van der Waals surface area (Å²) in [5.74, 6) is 1.69. The number of hydrogen-bond acceptors (Lipinski definition) is 6. The summed E-state index contributed by atoms with van der Waals surface area (Å²) in [7, 11) is 0. The average Bonchev–Trinajstić information content (AvgIpc) is 2.71. The van der Waals surface area contributed by atoms with E-state index in [0.717, 1.165) is 17.7 Å². The van der Waals surface area contributed by atoms with Gasteiger partial charge in [0.1, 0.15) is 22.4 Å². The predicted molar refractivity (Wildman–Crippen MR) is 107 cm³/mol. The third kappa shape index (κ3) is 5.56. The quantitative estimate of drug-likeness (QED) is 0.543. The van der Waals surface area contributed by atoms with Gasteiger partial charge in [0.25, 0.3) is 0 Å². The van der Waals surface area contributed by atoms with Gasteiger partial charge in [0.15, 0.2) is 0 Å². The summed E-state index contributed by atoms with van der Waals surface area (Å²) in [5, 5.41) is 3.75. The van der Waals surface area contributed by atoms with Crippen LogP contribution in [0, 0.1) is 6.92 Å². The van der Waals surface area contributed by atoms with Gasteiger partial charge in [-0.1, -0.05) is 30.7 Å². The Labute approximate surface area is 176 Å². The molecule has 30 heavy (non-hydrogen) atoms. The molecule has 0 aliphatic rings. The van der Waals surface area contributed by atoms with Crippen LogP contribution in [0.4, 0.5) is 19.0 Å². The van der Waals surface area contributed by atoms with Gasteiger partial charge in [0, 0.05) is 18.9 Å². The van der Waals surface area contributed by atoms with Crippen molar-refractivity contribution >= 4 is 17.4 Å². The topological polar surface area (TPSA) is 72.8 Å². The lowest BCUT2D eigenvalue weighted by Crippen LogP contribution is -2.09. The van der Waals surface area contributed by atoms with Gasteiger partial charge in [-0.25, -0.2) is 19.9 Å². The average molecular weight is 438 g/mol. The number of ether oxygens (including phenoxy) is 1. The number of alkyl halides is 3. The number of aromatic nitrogens is 4. The van der Waals surface area contributed by atoms with E-state index in [1.54, 1.807) is 12.1 Å². The summed E-state index contributed by atoms with van der Waals surface area (Å²) in [4.78, 5) is 15.8. The van der Waals surface area contributed by atoms with Gasteiger partial charge in [-0.2, -0.15) is 13.2 Å². The van der Waals surface area contributed by atoms with Crippen LogP contribution in [0.3, 0.4) is 0 Å². The molecule has 0 radical (unpaired) electrons. The fraction of sp³-hybridized carbons (Fsp3) is 0.300. The van der Waals surface area contributed by atoms with Crippen LogP contribution >= 0.6 is 11.6 Å². The molecule has 0 atom stereocenters. The SMILES string of the molecule is CCc1nc(C)nc(NCCc2ccc(Oc3ncc(C(F)(F)F)cn3)cc2)c1Cl. The van der Waals surface area contributed by atoms with Gasteiger partial charge in [-0.05, 0) is 37.5 Å². The Balaban J connectivity index is 1.56. The fourth-order valence-electron chi connectivity index (χ4n) is 2.64. The van der Waals surface area contributed by atoms with Crippen LogP contribution < -0.4 is 10.1 Å². The van der Waals surface area contributed by atoms with Crippen LogP contribution in [-0.2, 0) is 19.0 Å². The van der Waals surface area contributed by atoms with E-state index in [1.165, 1.54) is 0 Å². The number of aryl methyl sites for hydroxylation is 2. The van der Waals surface area contributed by atoms with E-state index in [9.17, 15) is 13.2 Å². The highest BCUT2D eigenvalue weighted by Gasteiger charge is 2.31. The number of benzene rings is 1. The van der Waals surface area contributed by atoms with Crippen molar-refractivity contribution < 1.29 is 17.9 Å². The molecule has 1 aromatic carbocycles. The molecule has 1 N–H and O–H groups in total. The Morgan fingerprint density at radius 1 is 1.07 bits per heavy atom. The lowest BCUT2D eigenvalue weighted by Gasteiger charge is -2.11. The Morgan fingerprint density at radius 3 is 2.33 bits per heavy atom. The molecule has 158 valence electrons. The number of hydrogen-bond donors (Lipinski definition) is 1. The molecule has 0 amide bonds. The fourth-order valence-corrected chi connectivity index (χ4v) is 2.92. The molecule has 0 fully saturated rings. The van der Waals surface area contributed by atoms with Crippen LogP contribution in [0.25, 0.3) is 0 Å². The zero-order valence-electron chi connectivity index (χ0n) is 16.3. The standard InChI is InChI=1S/C20H19ClF3N5O/c1-3-16-17(21)18(29-12(2)28-16)25-9-8-13-4-6-15(7-5-13)30-19-26-10-14(11-27-19)20(22,23)24/h4-7,10-11H,3,8-9H2,1-2H3,(H,25,28,29). The number of anilines is 1. The molecule has 3 rings (SSSR count). The van der Waals surface area contributed by atoms with Crippen molar-refractivity contribution in [1.29, 1.82) is 0 Å². The summed E-state index contributed by atoms with van der Waals surface area (Å²) in [5.41, 5.74) is 0.905. The van der Waals surface area contributed by atoms with Gasteiger partial charge in [0.05, 0.1) is 11.3 Å². The van der Waals surface area contributed by atoms with Crippen molar-refractivity contribution in [3.8, 4) is 11.8 Å². The second-order valence-electron chi connectivity index (χ2n) is 6.41. The molecule has 0 saturated carbocycles. The number of rotatable bonds is 7. The maximum absolute atomic E-state index is 12.5. The number of nitrogens with one attached hydrogen (secondary N) is 1. The second kappa shape index (κ2) is 9.25. The van der Waals surface area contributed by atoms with E-state index >= 15 is 0 Å². The summed E-state index contributed by atoms with van der Waals surface area (Å²) in [6.07, 6.45) is -1.68. The summed E-state index contributed by atoms with van der Waals surface area (Å²) in [6.45, 7) is 4.41. The van der Waals surface area contributed by atoms with E-state index in [-0.39, 0.29) is 6.01 Å². The third-order valence-electron chi connectivity index (χ3n) is 4.16.